The lowest BCUT2D eigenvalue weighted by molar-refractivity contribution is -0.120. The molecule has 7 nitrogen and oxygen atoms in total. The molecule has 1 aromatic rings. The summed E-state index contributed by atoms with van der Waals surface area (Å²) in [5.74, 6) is 0.484. The van der Waals surface area contributed by atoms with Gasteiger partial charge < -0.3 is 25.4 Å². The highest BCUT2D eigenvalue weighted by atomic mass is 16.5. The number of hydrogen-bond donors (Lipinski definition) is 3. The molecular formula is C23H35N3O4. The number of carbonyl (C=O) groups is 2. The van der Waals surface area contributed by atoms with Crippen LogP contribution in [0.15, 0.2) is 18.2 Å². The lowest BCUT2D eigenvalue weighted by atomic mass is 9.88. The molecule has 3 rings (SSSR count). The summed E-state index contributed by atoms with van der Waals surface area (Å²) in [6.45, 7) is 4.93. The van der Waals surface area contributed by atoms with Gasteiger partial charge >= 0.3 is 0 Å². The first kappa shape index (κ1) is 22.6. The predicted octanol–water partition coefficient (Wildman–Crippen LogP) is 2.64. The number of anilines is 1. The summed E-state index contributed by atoms with van der Waals surface area (Å²) in [5.41, 5.74) is 1.03. The summed E-state index contributed by atoms with van der Waals surface area (Å²) >= 11 is 0. The predicted molar refractivity (Wildman–Crippen MR) is 117 cm³/mol. The topological polar surface area (TPSA) is 90.9 Å². The molecule has 0 radical (unpaired) electrons. The highest BCUT2D eigenvalue weighted by Crippen LogP contribution is 2.31. The average molecular weight is 418 g/mol. The van der Waals surface area contributed by atoms with E-state index in [1.165, 1.54) is 6.42 Å². The lowest BCUT2D eigenvalue weighted by Crippen LogP contribution is -2.49. The molecule has 1 heterocycles. The van der Waals surface area contributed by atoms with Crippen LogP contribution < -0.4 is 15.4 Å². The van der Waals surface area contributed by atoms with Crippen LogP contribution in [0.5, 0.6) is 5.75 Å². The normalized spacial score (nSPS) is 23.7. The summed E-state index contributed by atoms with van der Waals surface area (Å²) in [5, 5.41) is 15.8. The number of nitrogens with zero attached hydrogens (tertiary/aromatic N) is 1. The molecule has 0 saturated heterocycles. The van der Waals surface area contributed by atoms with E-state index < -0.39 is 0 Å². The van der Waals surface area contributed by atoms with Crippen molar-refractivity contribution in [3.63, 3.8) is 0 Å². The minimum absolute atomic E-state index is 0.0242. The Morgan fingerprint density at radius 3 is 2.70 bits per heavy atom. The number of hydrogen-bond acceptors (Lipinski definition) is 5. The van der Waals surface area contributed by atoms with Crippen molar-refractivity contribution in [2.24, 2.45) is 11.8 Å². The molecule has 1 aromatic carbocycles. The van der Waals surface area contributed by atoms with Crippen molar-refractivity contribution in [1.29, 1.82) is 0 Å². The first-order chi connectivity index (χ1) is 14.4. The molecule has 0 aromatic heterocycles. The van der Waals surface area contributed by atoms with Crippen LogP contribution >= 0.6 is 0 Å². The Morgan fingerprint density at radius 2 is 2.03 bits per heavy atom. The number of aliphatic hydroxyl groups excluding tert-OH is 1. The van der Waals surface area contributed by atoms with Gasteiger partial charge in [-0.05, 0) is 45.0 Å². The van der Waals surface area contributed by atoms with Crippen LogP contribution in [0.2, 0.25) is 0 Å². The van der Waals surface area contributed by atoms with Gasteiger partial charge in [-0.25, -0.2) is 0 Å². The summed E-state index contributed by atoms with van der Waals surface area (Å²) in [6, 6.07) is 4.98. The van der Waals surface area contributed by atoms with E-state index in [-0.39, 0.29) is 42.4 Å². The fraction of sp³-hybridized carbons (Fsp3) is 0.652. The summed E-state index contributed by atoms with van der Waals surface area (Å²) < 4.78 is 6.21. The van der Waals surface area contributed by atoms with Gasteiger partial charge in [-0.2, -0.15) is 0 Å². The third kappa shape index (κ3) is 5.13. The van der Waals surface area contributed by atoms with Crippen molar-refractivity contribution in [3.05, 3.63) is 23.8 Å². The molecule has 30 heavy (non-hydrogen) atoms. The van der Waals surface area contributed by atoms with Crippen molar-refractivity contribution >= 4 is 17.5 Å². The fourth-order valence-electron chi connectivity index (χ4n) is 4.35. The lowest BCUT2D eigenvalue weighted by Gasteiger charge is -2.37. The molecule has 7 heteroatoms. The van der Waals surface area contributed by atoms with Crippen LogP contribution in [0.3, 0.4) is 0 Å². The molecule has 166 valence electrons. The second-order valence-corrected chi connectivity index (χ2v) is 8.72. The smallest absolute Gasteiger partial charge is 0.258 e. The van der Waals surface area contributed by atoms with Crippen LogP contribution in [0, 0.1) is 11.8 Å². The van der Waals surface area contributed by atoms with Crippen molar-refractivity contribution in [3.8, 4) is 5.75 Å². The van der Waals surface area contributed by atoms with Crippen LogP contribution in [0.25, 0.3) is 0 Å². The largest absolute Gasteiger partial charge is 0.488 e. The summed E-state index contributed by atoms with van der Waals surface area (Å²) in [7, 11) is 1.87. The zero-order valence-corrected chi connectivity index (χ0v) is 18.3. The quantitative estimate of drug-likeness (QED) is 0.662. The Kier molecular flexibility index (Phi) is 7.72. The van der Waals surface area contributed by atoms with Gasteiger partial charge in [0, 0.05) is 30.6 Å². The highest BCUT2D eigenvalue weighted by Gasteiger charge is 2.33. The standard InChI is InChI=1S/C23H35N3O4/c1-15-13-26(16(2)14-27)23(29)19-11-18(9-10-20(19)30-21(15)12-24-3)25-22(28)17-7-5-4-6-8-17/h9-11,15-17,21,24,27H,4-8,12-14H2,1-3H3,(H,25,28)/t15-,16-,21-/m0/s1. The first-order valence-corrected chi connectivity index (χ1v) is 11.1. The van der Waals surface area contributed by atoms with Gasteiger partial charge in [0.2, 0.25) is 5.91 Å². The number of fused-ring (bicyclic) bond motifs is 1. The van der Waals surface area contributed by atoms with Crippen molar-refractivity contribution in [2.45, 2.75) is 58.1 Å². The SMILES string of the molecule is CNC[C@@H]1Oc2ccc(NC(=O)C3CCCCC3)cc2C(=O)N([C@@H](C)CO)C[C@@H]1C. The molecule has 0 bridgehead atoms. The van der Waals surface area contributed by atoms with Gasteiger partial charge in [-0.1, -0.05) is 26.2 Å². The number of likely N-dealkylation sites (N-methyl/N-ethyl adjacent to an activating group) is 1. The van der Waals surface area contributed by atoms with Crippen molar-refractivity contribution in [2.75, 3.05) is 32.1 Å². The van der Waals surface area contributed by atoms with Crippen molar-refractivity contribution < 1.29 is 19.4 Å². The average Bonchev–Trinajstić information content (AvgIpc) is 2.76. The molecule has 1 saturated carbocycles. The number of benzene rings is 1. The van der Waals surface area contributed by atoms with Gasteiger partial charge in [0.15, 0.2) is 0 Å². The van der Waals surface area contributed by atoms with Crippen LogP contribution in [-0.2, 0) is 4.79 Å². The second-order valence-electron chi connectivity index (χ2n) is 8.72. The maximum atomic E-state index is 13.3. The molecule has 1 aliphatic heterocycles. The summed E-state index contributed by atoms with van der Waals surface area (Å²) in [6.07, 6.45) is 5.10. The third-order valence-electron chi connectivity index (χ3n) is 6.31. The number of rotatable bonds is 6. The zero-order chi connectivity index (χ0) is 21.7. The van der Waals surface area contributed by atoms with Gasteiger partial charge in [0.25, 0.3) is 5.91 Å². The fourth-order valence-corrected chi connectivity index (χ4v) is 4.35. The molecular weight excluding hydrogens is 382 g/mol. The molecule has 0 spiro atoms. The maximum Gasteiger partial charge on any atom is 0.258 e. The van der Waals surface area contributed by atoms with E-state index in [4.69, 9.17) is 4.74 Å². The van der Waals surface area contributed by atoms with Gasteiger partial charge in [0.05, 0.1) is 18.2 Å². The van der Waals surface area contributed by atoms with Gasteiger partial charge in [-0.3, -0.25) is 9.59 Å². The molecule has 1 fully saturated rings. The number of carbonyl (C=O) groups excluding carboxylic acids is 2. The number of nitrogens with one attached hydrogen (secondary N) is 2. The molecule has 2 aliphatic rings. The molecule has 2 amide bonds. The van der Waals surface area contributed by atoms with E-state index in [2.05, 4.69) is 17.6 Å². The Balaban J connectivity index is 1.89. The minimum Gasteiger partial charge on any atom is -0.488 e. The Labute approximate surface area is 179 Å². The maximum absolute atomic E-state index is 13.3. The van der Waals surface area contributed by atoms with Crippen molar-refractivity contribution in [1.82, 2.24) is 10.2 Å². The van der Waals surface area contributed by atoms with E-state index in [0.29, 0.717) is 30.1 Å². The monoisotopic (exact) mass is 417 g/mol. The number of ether oxygens (including phenoxy) is 1. The molecule has 0 unspecified atom stereocenters. The number of amides is 2. The molecule has 3 N–H and O–H groups in total. The van der Waals surface area contributed by atoms with Crippen LogP contribution in [0.4, 0.5) is 5.69 Å². The number of aliphatic hydroxyl groups is 1. The van der Waals surface area contributed by atoms with E-state index in [1.807, 2.05) is 14.0 Å². The van der Waals surface area contributed by atoms with Gasteiger partial charge in [0.1, 0.15) is 11.9 Å². The Morgan fingerprint density at radius 1 is 1.30 bits per heavy atom. The first-order valence-electron chi connectivity index (χ1n) is 11.1. The zero-order valence-electron chi connectivity index (χ0n) is 18.3. The molecule has 3 atom stereocenters. The summed E-state index contributed by atoms with van der Waals surface area (Å²) in [4.78, 5) is 27.7. The highest BCUT2D eigenvalue weighted by molar-refractivity contribution is 6.00. The third-order valence-corrected chi connectivity index (χ3v) is 6.31. The second kappa shape index (κ2) is 10.3. The Hall–Kier alpha value is -2.12. The van der Waals surface area contributed by atoms with Crippen LogP contribution in [-0.4, -0.2) is 60.7 Å². The van der Waals surface area contributed by atoms with Gasteiger partial charge in [-0.15, -0.1) is 0 Å². The van der Waals surface area contributed by atoms with E-state index >= 15 is 0 Å². The Bertz CT molecular complexity index is 748. The molecule has 1 aliphatic carbocycles. The van der Waals surface area contributed by atoms with E-state index in [1.54, 1.807) is 23.1 Å². The van der Waals surface area contributed by atoms with Crippen LogP contribution in [0.1, 0.15) is 56.3 Å². The van der Waals surface area contributed by atoms with E-state index in [9.17, 15) is 14.7 Å². The van der Waals surface area contributed by atoms with E-state index in [0.717, 1.165) is 25.7 Å². The minimum atomic E-state index is -0.304.